The standard InChI is InChI=1S/C8H17N5/c1-3-4-5-7(11-9)8-6-10-12-13(8)2/h6-7,11H,3-5,9H2,1-2H3. The van der Waals surface area contributed by atoms with Crippen LogP contribution < -0.4 is 11.3 Å². The molecule has 0 bridgehead atoms. The fourth-order valence-corrected chi connectivity index (χ4v) is 1.34. The van der Waals surface area contributed by atoms with Gasteiger partial charge in [-0.05, 0) is 6.42 Å². The SMILES string of the molecule is CCCCC(NN)c1cnnn1C. The molecule has 0 amide bonds. The van der Waals surface area contributed by atoms with Gasteiger partial charge in [-0.25, -0.2) is 0 Å². The predicted octanol–water partition coefficient (Wildman–Crippen LogP) is 0.510. The van der Waals surface area contributed by atoms with E-state index in [1.165, 1.54) is 6.42 Å². The molecule has 0 saturated heterocycles. The van der Waals surface area contributed by atoms with Gasteiger partial charge in [0.05, 0.1) is 17.9 Å². The van der Waals surface area contributed by atoms with E-state index in [0.29, 0.717) is 0 Å². The van der Waals surface area contributed by atoms with Gasteiger partial charge in [0.25, 0.3) is 0 Å². The number of unbranched alkanes of at least 4 members (excludes halogenated alkanes) is 1. The summed E-state index contributed by atoms with van der Waals surface area (Å²) in [7, 11) is 1.87. The number of nitrogens with one attached hydrogen (secondary N) is 1. The Balaban J connectivity index is 2.61. The van der Waals surface area contributed by atoms with Crippen LogP contribution in [0.3, 0.4) is 0 Å². The second-order valence-corrected chi connectivity index (χ2v) is 3.14. The van der Waals surface area contributed by atoms with E-state index < -0.39 is 0 Å². The number of nitrogens with zero attached hydrogens (tertiary/aromatic N) is 3. The van der Waals surface area contributed by atoms with Crippen LogP contribution in [0.4, 0.5) is 0 Å². The number of hydrogen-bond donors (Lipinski definition) is 2. The summed E-state index contributed by atoms with van der Waals surface area (Å²) < 4.78 is 1.75. The minimum Gasteiger partial charge on any atom is -0.271 e. The Hall–Kier alpha value is -0.940. The molecule has 74 valence electrons. The van der Waals surface area contributed by atoms with Gasteiger partial charge >= 0.3 is 0 Å². The Bertz CT molecular complexity index is 244. The zero-order valence-corrected chi connectivity index (χ0v) is 8.20. The van der Waals surface area contributed by atoms with Gasteiger partial charge in [0, 0.05) is 7.05 Å². The maximum absolute atomic E-state index is 5.45. The molecule has 5 nitrogen and oxygen atoms in total. The molecule has 5 heteroatoms. The van der Waals surface area contributed by atoms with Crippen molar-refractivity contribution in [3.8, 4) is 0 Å². The topological polar surface area (TPSA) is 68.8 Å². The van der Waals surface area contributed by atoms with Crippen LogP contribution in [0.1, 0.15) is 37.9 Å². The average Bonchev–Trinajstić information content (AvgIpc) is 2.54. The Morgan fingerprint density at radius 3 is 2.92 bits per heavy atom. The van der Waals surface area contributed by atoms with Gasteiger partial charge in [0.15, 0.2) is 0 Å². The number of aryl methyl sites for hydroxylation is 1. The quantitative estimate of drug-likeness (QED) is 0.515. The van der Waals surface area contributed by atoms with E-state index in [1.807, 2.05) is 7.05 Å². The number of hydrogen-bond acceptors (Lipinski definition) is 4. The molecule has 0 fully saturated rings. The van der Waals surface area contributed by atoms with Crippen molar-refractivity contribution in [2.24, 2.45) is 12.9 Å². The highest BCUT2D eigenvalue weighted by Crippen LogP contribution is 2.16. The molecule has 0 aliphatic rings. The Labute approximate surface area is 78.3 Å². The second kappa shape index (κ2) is 4.94. The first-order valence-electron chi connectivity index (χ1n) is 4.60. The maximum Gasteiger partial charge on any atom is 0.0766 e. The van der Waals surface area contributed by atoms with Crippen molar-refractivity contribution in [1.29, 1.82) is 0 Å². The van der Waals surface area contributed by atoms with Crippen molar-refractivity contribution in [3.05, 3.63) is 11.9 Å². The van der Waals surface area contributed by atoms with Crippen LogP contribution in [-0.4, -0.2) is 15.0 Å². The molecule has 1 rings (SSSR count). The Morgan fingerprint density at radius 1 is 1.69 bits per heavy atom. The summed E-state index contributed by atoms with van der Waals surface area (Å²) in [6.07, 6.45) is 5.10. The number of aromatic nitrogens is 3. The summed E-state index contributed by atoms with van der Waals surface area (Å²) in [5.41, 5.74) is 3.82. The molecule has 13 heavy (non-hydrogen) atoms. The van der Waals surface area contributed by atoms with E-state index in [4.69, 9.17) is 5.84 Å². The van der Waals surface area contributed by atoms with E-state index in [0.717, 1.165) is 18.5 Å². The summed E-state index contributed by atoms with van der Waals surface area (Å²) in [6.45, 7) is 2.16. The maximum atomic E-state index is 5.45. The Morgan fingerprint density at radius 2 is 2.46 bits per heavy atom. The third-order valence-electron chi connectivity index (χ3n) is 2.15. The minimum absolute atomic E-state index is 0.167. The van der Waals surface area contributed by atoms with Crippen LogP contribution >= 0.6 is 0 Å². The van der Waals surface area contributed by atoms with Gasteiger partial charge in [-0.3, -0.25) is 16.0 Å². The van der Waals surface area contributed by atoms with Gasteiger partial charge in [-0.15, -0.1) is 5.10 Å². The lowest BCUT2D eigenvalue weighted by molar-refractivity contribution is 0.463. The monoisotopic (exact) mass is 183 g/mol. The normalized spacial score (nSPS) is 13.2. The predicted molar refractivity (Wildman–Crippen MR) is 50.6 cm³/mol. The zero-order valence-electron chi connectivity index (χ0n) is 8.20. The molecule has 0 saturated carbocycles. The molecule has 0 aliphatic heterocycles. The van der Waals surface area contributed by atoms with E-state index in [1.54, 1.807) is 10.9 Å². The van der Waals surface area contributed by atoms with Crippen molar-refractivity contribution in [1.82, 2.24) is 20.4 Å². The molecular weight excluding hydrogens is 166 g/mol. The van der Waals surface area contributed by atoms with Crippen LogP contribution in [0.2, 0.25) is 0 Å². The largest absolute Gasteiger partial charge is 0.271 e. The van der Waals surface area contributed by atoms with E-state index in [-0.39, 0.29) is 6.04 Å². The highest BCUT2D eigenvalue weighted by Gasteiger charge is 2.12. The molecule has 1 atom stereocenters. The van der Waals surface area contributed by atoms with Crippen molar-refractivity contribution < 1.29 is 0 Å². The highest BCUT2D eigenvalue weighted by molar-refractivity contribution is 5.00. The second-order valence-electron chi connectivity index (χ2n) is 3.14. The molecule has 0 aliphatic carbocycles. The fourth-order valence-electron chi connectivity index (χ4n) is 1.34. The first-order chi connectivity index (χ1) is 6.29. The van der Waals surface area contributed by atoms with Crippen LogP contribution in [0.5, 0.6) is 0 Å². The average molecular weight is 183 g/mol. The van der Waals surface area contributed by atoms with Crippen LogP contribution in [-0.2, 0) is 7.05 Å². The summed E-state index contributed by atoms with van der Waals surface area (Å²) in [5.74, 6) is 5.45. The Kier molecular flexibility index (Phi) is 3.85. The minimum atomic E-state index is 0.167. The van der Waals surface area contributed by atoms with E-state index >= 15 is 0 Å². The van der Waals surface area contributed by atoms with E-state index in [2.05, 4.69) is 22.7 Å². The lowest BCUT2D eigenvalue weighted by Crippen LogP contribution is -2.29. The molecule has 1 aromatic heterocycles. The third kappa shape index (κ3) is 2.50. The lowest BCUT2D eigenvalue weighted by atomic mass is 10.1. The highest BCUT2D eigenvalue weighted by atomic mass is 15.4. The summed E-state index contributed by atoms with van der Waals surface area (Å²) in [5, 5.41) is 7.68. The number of hydrazine groups is 1. The lowest BCUT2D eigenvalue weighted by Gasteiger charge is -2.14. The third-order valence-corrected chi connectivity index (χ3v) is 2.15. The molecule has 3 N–H and O–H groups in total. The summed E-state index contributed by atoms with van der Waals surface area (Å²) in [4.78, 5) is 0. The molecule has 1 unspecified atom stereocenters. The first-order valence-corrected chi connectivity index (χ1v) is 4.60. The van der Waals surface area contributed by atoms with Gasteiger partial charge in [-0.1, -0.05) is 25.0 Å². The van der Waals surface area contributed by atoms with Gasteiger partial charge in [0.1, 0.15) is 0 Å². The molecule has 0 spiro atoms. The first kappa shape index (κ1) is 10.1. The summed E-state index contributed by atoms with van der Waals surface area (Å²) in [6, 6.07) is 0.167. The van der Waals surface area contributed by atoms with Crippen LogP contribution in [0.25, 0.3) is 0 Å². The molecule has 0 aromatic carbocycles. The zero-order chi connectivity index (χ0) is 9.68. The van der Waals surface area contributed by atoms with Crippen molar-refractivity contribution in [3.63, 3.8) is 0 Å². The van der Waals surface area contributed by atoms with Gasteiger partial charge in [0.2, 0.25) is 0 Å². The number of nitrogens with two attached hydrogens (primary N) is 1. The van der Waals surface area contributed by atoms with E-state index in [9.17, 15) is 0 Å². The van der Waals surface area contributed by atoms with Crippen molar-refractivity contribution >= 4 is 0 Å². The van der Waals surface area contributed by atoms with Gasteiger partial charge < -0.3 is 0 Å². The smallest absolute Gasteiger partial charge is 0.0766 e. The molecular formula is C8H17N5. The van der Waals surface area contributed by atoms with Crippen molar-refractivity contribution in [2.75, 3.05) is 0 Å². The van der Waals surface area contributed by atoms with Crippen LogP contribution in [0, 0.1) is 0 Å². The summed E-state index contributed by atoms with van der Waals surface area (Å²) >= 11 is 0. The molecule has 0 radical (unpaired) electrons. The van der Waals surface area contributed by atoms with Crippen LogP contribution in [0.15, 0.2) is 6.20 Å². The van der Waals surface area contributed by atoms with Crippen molar-refractivity contribution in [2.45, 2.75) is 32.2 Å². The molecule has 1 heterocycles. The van der Waals surface area contributed by atoms with Gasteiger partial charge in [-0.2, -0.15) is 0 Å². The fraction of sp³-hybridized carbons (Fsp3) is 0.750. The number of rotatable bonds is 5. The molecule has 1 aromatic rings.